The summed E-state index contributed by atoms with van der Waals surface area (Å²) in [5, 5.41) is 0. The first-order chi connectivity index (χ1) is 25.8. The molecule has 4 aliphatic carbocycles. The van der Waals surface area contributed by atoms with E-state index >= 15 is 0 Å². The van der Waals surface area contributed by atoms with Gasteiger partial charge in [0.05, 0.1) is 0 Å². The van der Waals surface area contributed by atoms with Crippen LogP contribution in [-0.4, -0.2) is 75.5 Å². The van der Waals surface area contributed by atoms with Crippen LogP contribution in [0.5, 0.6) is 0 Å². The SMILES string of the molecule is C.[CH3-].[CH3-].[Ca+2].[Ca+2].[H-].[H-].c1ccc2c(c1)-c1ccccc1C2C1c2ccccc2-c2ccccc21.c1ccc2c(c1)Cc1ccccc1-2.c1ccc2c(c1)Cc1ccccc1-2. The van der Waals surface area contributed by atoms with E-state index in [9.17, 15) is 0 Å². The second-order valence-electron chi connectivity index (χ2n) is 14.3. The van der Waals surface area contributed by atoms with E-state index in [1.807, 2.05) is 0 Å². The smallest absolute Gasteiger partial charge is 1.00 e. The zero-order valence-electron chi connectivity index (χ0n) is 34.5. The summed E-state index contributed by atoms with van der Waals surface area (Å²) >= 11 is 0. The molecule has 0 radical (unpaired) electrons. The fourth-order valence-electron chi connectivity index (χ4n) is 9.27. The van der Waals surface area contributed by atoms with Gasteiger partial charge in [-0.15, -0.1) is 0 Å². The zero-order valence-corrected chi connectivity index (χ0v) is 36.9. The van der Waals surface area contributed by atoms with Crippen LogP contribution in [0.15, 0.2) is 194 Å². The van der Waals surface area contributed by atoms with Crippen LogP contribution in [-0.2, 0) is 12.8 Å². The van der Waals surface area contributed by atoms with Crippen LogP contribution in [0.2, 0.25) is 0 Å². The molecule has 0 heterocycles. The van der Waals surface area contributed by atoms with Crippen LogP contribution in [0.3, 0.4) is 0 Å². The predicted octanol–water partition coefficient (Wildman–Crippen LogP) is 14.1. The first-order valence-corrected chi connectivity index (χ1v) is 18.5. The molecule has 0 amide bonds. The first kappa shape index (κ1) is 44.4. The molecule has 2 heteroatoms. The quantitative estimate of drug-likeness (QED) is 0.115. The van der Waals surface area contributed by atoms with Crippen molar-refractivity contribution in [2.45, 2.75) is 32.1 Å². The van der Waals surface area contributed by atoms with Gasteiger partial charge in [-0.05, 0) is 102 Å². The Morgan fingerprint density at radius 3 is 0.667 bits per heavy atom. The Bertz CT molecular complexity index is 2270. The van der Waals surface area contributed by atoms with Gasteiger partial charge in [0, 0.05) is 11.8 Å². The van der Waals surface area contributed by atoms with Crippen molar-refractivity contribution < 1.29 is 2.85 Å². The summed E-state index contributed by atoms with van der Waals surface area (Å²) in [5.74, 6) is 0.763. The third-order valence-electron chi connectivity index (χ3n) is 11.5. The van der Waals surface area contributed by atoms with Gasteiger partial charge in [-0.2, -0.15) is 0 Å². The Morgan fingerprint density at radius 2 is 0.439 bits per heavy atom. The molecule has 0 fully saturated rings. The molecule has 0 saturated heterocycles. The number of hydrogen-bond donors (Lipinski definition) is 0. The molecule has 4 aliphatic rings. The van der Waals surface area contributed by atoms with E-state index in [-0.39, 0.29) is 101 Å². The topological polar surface area (TPSA) is 0 Å². The molecule has 8 aromatic rings. The van der Waals surface area contributed by atoms with Gasteiger partial charge in [-0.25, -0.2) is 0 Å². The fourth-order valence-corrected chi connectivity index (χ4v) is 9.27. The van der Waals surface area contributed by atoms with E-state index in [0.29, 0.717) is 11.8 Å². The minimum atomic E-state index is 0. The Hall–Kier alpha value is -3.72. The van der Waals surface area contributed by atoms with Crippen molar-refractivity contribution >= 4 is 75.5 Å². The molecule has 274 valence electrons. The van der Waals surface area contributed by atoms with Crippen LogP contribution in [0.4, 0.5) is 0 Å². The van der Waals surface area contributed by atoms with E-state index in [0.717, 1.165) is 12.8 Å². The maximum atomic E-state index is 2.32. The van der Waals surface area contributed by atoms with E-state index in [1.54, 1.807) is 0 Å². The second kappa shape index (κ2) is 19.4. The van der Waals surface area contributed by atoms with Crippen molar-refractivity contribution in [1.29, 1.82) is 0 Å². The van der Waals surface area contributed by atoms with E-state index in [1.165, 1.54) is 89.0 Å². The molecular formula is C55H50Ca2. The summed E-state index contributed by atoms with van der Waals surface area (Å²) in [4.78, 5) is 0. The minimum absolute atomic E-state index is 0. The van der Waals surface area contributed by atoms with Crippen molar-refractivity contribution in [1.82, 2.24) is 0 Å². The molecule has 0 N–H and O–H groups in total. The molecular weight excluding hydrogens is 741 g/mol. The van der Waals surface area contributed by atoms with Crippen LogP contribution < -0.4 is 0 Å². The summed E-state index contributed by atoms with van der Waals surface area (Å²) in [5.41, 5.74) is 23.0. The zero-order chi connectivity index (χ0) is 34.4. The van der Waals surface area contributed by atoms with Gasteiger partial charge >= 0.3 is 75.5 Å². The van der Waals surface area contributed by atoms with Gasteiger partial charge < -0.3 is 17.7 Å². The van der Waals surface area contributed by atoms with Crippen LogP contribution >= 0.6 is 0 Å². The Kier molecular flexibility index (Phi) is 15.1. The predicted molar refractivity (Wildman–Crippen MR) is 250 cm³/mol. The molecule has 0 atom stereocenters. The number of hydrogen-bond acceptors (Lipinski definition) is 0. The standard InChI is InChI=1S/C26H18.2C13H10.CH4.2CH3.2Ca.2H/c1-5-13-21-17(9-1)18-10-2-6-14-22(18)25(21)26-23-15-7-3-11-19(23)20-12-4-8-16-24(20)26;2*1-3-7-12-10(5-1)9-11-6-2-4-8-13(11)12;;;;;;;/h1-16,25-26H;2*1-8H,9H2;1H4;2*1H3;;;;/q;;;;2*-1;2*+2;2*-1. The molecule has 8 aromatic carbocycles. The number of benzene rings is 8. The average Bonchev–Trinajstić information content (AvgIpc) is 3.96. The van der Waals surface area contributed by atoms with Gasteiger partial charge in [0.1, 0.15) is 0 Å². The summed E-state index contributed by atoms with van der Waals surface area (Å²) in [6, 6.07) is 70.4. The number of fused-ring (bicyclic) bond motifs is 12. The molecule has 0 aliphatic heterocycles. The van der Waals surface area contributed by atoms with E-state index in [4.69, 9.17) is 0 Å². The molecule has 57 heavy (non-hydrogen) atoms. The van der Waals surface area contributed by atoms with Gasteiger partial charge in [0.2, 0.25) is 0 Å². The van der Waals surface area contributed by atoms with Gasteiger partial charge in [0.25, 0.3) is 0 Å². The van der Waals surface area contributed by atoms with Crippen LogP contribution in [0.1, 0.15) is 66.6 Å². The summed E-state index contributed by atoms with van der Waals surface area (Å²) in [7, 11) is 0. The average molecular weight is 791 g/mol. The Morgan fingerprint density at radius 1 is 0.263 bits per heavy atom. The summed E-state index contributed by atoms with van der Waals surface area (Å²) < 4.78 is 0. The molecule has 0 unspecified atom stereocenters. The maximum Gasteiger partial charge on any atom is 2.00 e. The molecule has 0 saturated carbocycles. The number of rotatable bonds is 1. The van der Waals surface area contributed by atoms with Crippen molar-refractivity contribution in [3.05, 3.63) is 253 Å². The third-order valence-corrected chi connectivity index (χ3v) is 11.5. The monoisotopic (exact) mass is 790 g/mol. The van der Waals surface area contributed by atoms with E-state index in [2.05, 4.69) is 194 Å². The summed E-state index contributed by atoms with van der Waals surface area (Å²) in [6.07, 6.45) is 2.21. The molecule has 0 aromatic heterocycles. The van der Waals surface area contributed by atoms with Crippen molar-refractivity contribution in [3.63, 3.8) is 0 Å². The maximum absolute atomic E-state index is 2.32. The van der Waals surface area contributed by atoms with Crippen molar-refractivity contribution in [3.8, 4) is 44.5 Å². The van der Waals surface area contributed by atoms with Crippen LogP contribution in [0.25, 0.3) is 44.5 Å². The van der Waals surface area contributed by atoms with Gasteiger partial charge in [0.15, 0.2) is 0 Å². The van der Waals surface area contributed by atoms with Gasteiger partial charge in [-0.1, -0.05) is 202 Å². The molecule has 0 spiro atoms. The van der Waals surface area contributed by atoms with Gasteiger partial charge in [-0.3, -0.25) is 0 Å². The molecule has 0 bridgehead atoms. The molecule has 12 rings (SSSR count). The third kappa shape index (κ3) is 8.03. The van der Waals surface area contributed by atoms with Crippen molar-refractivity contribution in [2.75, 3.05) is 0 Å². The largest absolute Gasteiger partial charge is 2.00 e. The van der Waals surface area contributed by atoms with Crippen molar-refractivity contribution in [2.24, 2.45) is 0 Å². The fraction of sp³-hybridized carbons (Fsp3) is 0.0909. The Balaban J connectivity index is 0.000000243. The van der Waals surface area contributed by atoms with E-state index < -0.39 is 0 Å². The Labute approximate surface area is 404 Å². The van der Waals surface area contributed by atoms with Crippen LogP contribution in [0, 0.1) is 14.9 Å². The molecule has 0 nitrogen and oxygen atoms in total. The summed E-state index contributed by atoms with van der Waals surface area (Å²) in [6.45, 7) is 0. The second-order valence-corrected chi connectivity index (χ2v) is 14.3. The normalized spacial score (nSPS) is 12.3. The first-order valence-electron chi connectivity index (χ1n) is 18.5. The minimum Gasteiger partial charge on any atom is -1.00 e.